The normalized spacial score (nSPS) is 32.6. The summed E-state index contributed by atoms with van der Waals surface area (Å²) in [5.74, 6) is 1.22. The van der Waals surface area contributed by atoms with Crippen LogP contribution in [0.15, 0.2) is 24.3 Å². The molecule has 3 heteroatoms. The molecule has 20 heavy (non-hydrogen) atoms. The Bertz CT molecular complexity index is 468. The third-order valence-electron chi connectivity index (χ3n) is 5.29. The molecule has 2 N–H and O–H groups in total. The first-order valence-corrected chi connectivity index (χ1v) is 8.05. The molecular weight excluding hydrogens is 248 g/mol. The minimum Gasteiger partial charge on any atom is -0.393 e. The molecular formula is C17H24N2O. The fourth-order valence-electron chi connectivity index (χ4n) is 3.82. The zero-order chi connectivity index (χ0) is 13.5. The molecule has 0 aromatic heterocycles. The van der Waals surface area contributed by atoms with E-state index in [1.165, 1.54) is 30.5 Å². The van der Waals surface area contributed by atoms with E-state index in [0.29, 0.717) is 11.8 Å². The lowest BCUT2D eigenvalue weighted by Gasteiger charge is -2.21. The number of rotatable bonds is 4. The van der Waals surface area contributed by atoms with Crippen LogP contribution in [-0.4, -0.2) is 30.3 Å². The van der Waals surface area contributed by atoms with Crippen molar-refractivity contribution in [2.45, 2.75) is 44.4 Å². The van der Waals surface area contributed by atoms with Gasteiger partial charge in [-0.3, -0.25) is 0 Å². The zero-order valence-corrected chi connectivity index (χ0v) is 12.0. The predicted octanol–water partition coefficient (Wildman–Crippen LogP) is 2.15. The quantitative estimate of drug-likeness (QED) is 0.881. The second-order valence-electron chi connectivity index (χ2n) is 6.80. The van der Waals surface area contributed by atoms with Crippen LogP contribution in [0, 0.1) is 11.8 Å². The molecule has 0 bridgehead atoms. The molecule has 2 aliphatic carbocycles. The first kappa shape index (κ1) is 12.7. The number of nitrogens with zero attached hydrogens (tertiary/aromatic N) is 1. The molecule has 0 amide bonds. The molecule has 0 spiro atoms. The Labute approximate surface area is 121 Å². The van der Waals surface area contributed by atoms with Crippen molar-refractivity contribution in [2.24, 2.45) is 11.8 Å². The molecule has 1 aromatic carbocycles. The van der Waals surface area contributed by atoms with Gasteiger partial charge in [-0.2, -0.15) is 0 Å². The van der Waals surface area contributed by atoms with Crippen molar-refractivity contribution in [2.75, 3.05) is 18.0 Å². The summed E-state index contributed by atoms with van der Waals surface area (Å²) in [4.78, 5) is 2.45. The van der Waals surface area contributed by atoms with Crippen LogP contribution < -0.4 is 10.2 Å². The molecule has 1 saturated heterocycles. The van der Waals surface area contributed by atoms with Crippen LogP contribution in [-0.2, 0) is 6.54 Å². The highest BCUT2D eigenvalue weighted by molar-refractivity contribution is 5.49. The van der Waals surface area contributed by atoms with Crippen LogP contribution in [0.25, 0.3) is 0 Å². The summed E-state index contributed by atoms with van der Waals surface area (Å²) in [6, 6.07) is 9.76. The molecule has 3 aliphatic rings. The molecule has 2 saturated carbocycles. The lowest BCUT2D eigenvalue weighted by molar-refractivity contribution is 0.133. The van der Waals surface area contributed by atoms with Gasteiger partial charge < -0.3 is 15.3 Å². The van der Waals surface area contributed by atoms with Crippen LogP contribution in [0.3, 0.4) is 0 Å². The van der Waals surface area contributed by atoms with Crippen LogP contribution in [0.4, 0.5) is 5.69 Å². The maximum absolute atomic E-state index is 10.0. The number of benzene rings is 1. The Hall–Kier alpha value is -1.06. The molecule has 3 unspecified atom stereocenters. The highest BCUT2D eigenvalue weighted by atomic mass is 16.3. The van der Waals surface area contributed by atoms with Gasteiger partial charge in [0.25, 0.3) is 0 Å². The van der Waals surface area contributed by atoms with Gasteiger partial charge >= 0.3 is 0 Å². The van der Waals surface area contributed by atoms with Crippen LogP contribution in [0.1, 0.15) is 31.2 Å². The van der Waals surface area contributed by atoms with E-state index in [1.807, 2.05) is 0 Å². The third kappa shape index (κ3) is 2.45. The highest BCUT2D eigenvalue weighted by Crippen LogP contribution is 2.39. The van der Waals surface area contributed by atoms with E-state index >= 15 is 0 Å². The van der Waals surface area contributed by atoms with Crippen LogP contribution >= 0.6 is 0 Å². The van der Waals surface area contributed by atoms with Gasteiger partial charge in [-0.25, -0.2) is 0 Å². The second-order valence-corrected chi connectivity index (χ2v) is 6.80. The summed E-state index contributed by atoms with van der Waals surface area (Å²) in [5.41, 5.74) is 2.70. The van der Waals surface area contributed by atoms with Crippen molar-refractivity contribution < 1.29 is 5.11 Å². The van der Waals surface area contributed by atoms with Crippen LogP contribution in [0.5, 0.6) is 0 Å². The number of hydrogen-bond acceptors (Lipinski definition) is 3. The maximum atomic E-state index is 10.0. The Morgan fingerprint density at radius 1 is 1.05 bits per heavy atom. The first-order valence-electron chi connectivity index (χ1n) is 8.05. The minimum absolute atomic E-state index is 0.0629. The molecule has 3 nitrogen and oxygen atoms in total. The molecule has 3 fully saturated rings. The number of anilines is 1. The van der Waals surface area contributed by atoms with Crippen LogP contribution in [0.2, 0.25) is 0 Å². The van der Waals surface area contributed by atoms with E-state index in [9.17, 15) is 5.11 Å². The van der Waals surface area contributed by atoms with Crippen molar-refractivity contribution in [1.82, 2.24) is 5.32 Å². The van der Waals surface area contributed by atoms with E-state index in [4.69, 9.17) is 0 Å². The highest BCUT2D eigenvalue weighted by Gasteiger charge is 2.41. The van der Waals surface area contributed by atoms with Crippen molar-refractivity contribution in [3.8, 4) is 0 Å². The summed E-state index contributed by atoms with van der Waals surface area (Å²) in [7, 11) is 0. The topological polar surface area (TPSA) is 35.5 Å². The SMILES string of the molecule is OC1CCC2CN(c3ccc(CNC4CC4)cc3)CC12. The lowest BCUT2D eigenvalue weighted by atomic mass is 10.00. The third-order valence-corrected chi connectivity index (χ3v) is 5.29. The van der Waals surface area contributed by atoms with Gasteiger partial charge in [0.2, 0.25) is 0 Å². The van der Waals surface area contributed by atoms with Gasteiger partial charge in [0.1, 0.15) is 0 Å². The van der Waals surface area contributed by atoms with Gasteiger partial charge in [-0.05, 0) is 49.3 Å². The molecule has 4 rings (SSSR count). The summed E-state index contributed by atoms with van der Waals surface area (Å²) in [6.45, 7) is 3.15. The van der Waals surface area contributed by atoms with Gasteiger partial charge in [0.15, 0.2) is 0 Å². The summed E-state index contributed by atoms with van der Waals surface area (Å²) < 4.78 is 0. The molecule has 1 aromatic rings. The van der Waals surface area contributed by atoms with E-state index in [0.717, 1.165) is 32.1 Å². The number of aliphatic hydroxyl groups excluding tert-OH is 1. The monoisotopic (exact) mass is 272 g/mol. The first-order chi connectivity index (χ1) is 9.79. The van der Waals surface area contributed by atoms with Crippen molar-refractivity contribution in [3.63, 3.8) is 0 Å². The standard InChI is InChI=1S/C17H24N2O/c20-17-8-3-13-10-19(11-16(13)17)15-6-1-12(2-7-15)9-18-14-4-5-14/h1-2,6-7,13-14,16-18,20H,3-5,8-11H2. The fraction of sp³-hybridized carbons (Fsp3) is 0.647. The smallest absolute Gasteiger partial charge is 0.0588 e. The van der Waals surface area contributed by atoms with E-state index in [1.54, 1.807) is 0 Å². The maximum Gasteiger partial charge on any atom is 0.0588 e. The Morgan fingerprint density at radius 3 is 2.55 bits per heavy atom. The molecule has 1 heterocycles. The van der Waals surface area contributed by atoms with Crippen molar-refractivity contribution in [1.29, 1.82) is 0 Å². The predicted molar refractivity (Wildman–Crippen MR) is 80.7 cm³/mol. The lowest BCUT2D eigenvalue weighted by Crippen LogP contribution is -2.24. The average molecular weight is 272 g/mol. The number of nitrogens with one attached hydrogen (secondary N) is 1. The number of hydrogen-bond donors (Lipinski definition) is 2. The molecule has 3 atom stereocenters. The Morgan fingerprint density at radius 2 is 1.85 bits per heavy atom. The van der Waals surface area contributed by atoms with Gasteiger partial charge in [0, 0.05) is 37.3 Å². The molecule has 108 valence electrons. The van der Waals surface area contributed by atoms with Gasteiger partial charge in [0.05, 0.1) is 6.10 Å². The van der Waals surface area contributed by atoms with Crippen molar-refractivity contribution >= 4 is 5.69 Å². The van der Waals surface area contributed by atoms with Crippen molar-refractivity contribution in [3.05, 3.63) is 29.8 Å². The molecule has 0 radical (unpaired) electrons. The Kier molecular flexibility index (Phi) is 3.20. The second kappa shape index (κ2) is 5.05. The Balaban J connectivity index is 1.39. The van der Waals surface area contributed by atoms with E-state index in [-0.39, 0.29) is 6.10 Å². The minimum atomic E-state index is -0.0629. The van der Waals surface area contributed by atoms with Gasteiger partial charge in [-0.1, -0.05) is 12.1 Å². The summed E-state index contributed by atoms with van der Waals surface area (Å²) in [6.07, 6.45) is 4.83. The summed E-state index contributed by atoms with van der Waals surface area (Å²) in [5, 5.41) is 13.6. The summed E-state index contributed by atoms with van der Waals surface area (Å²) >= 11 is 0. The number of fused-ring (bicyclic) bond motifs is 1. The largest absolute Gasteiger partial charge is 0.393 e. The van der Waals surface area contributed by atoms with E-state index < -0.39 is 0 Å². The number of aliphatic hydroxyl groups is 1. The molecule has 1 aliphatic heterocycles. The van der Waals surface area contributed by atoms with Gasteiger partial charge in [-0.15, -0.1) is 0 Å². The fourth-order valence-corrected chi connectivity index (χ4v) is 3.82. The zero-order valence-electron chi connectivity index (χ0n) is 12.0. The average Bonchev–Trinajstić information content (AvgIpc) is 3.10. The van der Waals surface area contributed by atoms with E-state index in [2.05, 4.69) is 34.5 Å².